The Morgan fingerprint density at radius 2 is 1.31 bits per heavy atom. The maximum absolute atomic E-state index is 4.94. The van der Waals surface area contributed by atoms with Crippen LogP contribution < -0.4 is 10.4 Å². The monoisotopic (exact) mass is 542 g/mol. The molecule has 0 saturated heterocycles. The maximum Gasteiger partial charge on any atom is 0.135 e. The van der Waals surface area contributed by atoms with Gasteiger partial charge >= 0.3 is 0 Å². The van der Waals surface area contributed by atoms with E-state index >= 15 is 0 Å². The molecule has 2 atom stereocenters. The van der Waals surface area contributed by atoms with E-state index < -0.39 is 0 Å². The normalized spacial score (nSPS) is 17.7. The maximum atomic E-state index is 4.94. The molecule has 0 radical (unpaired) electrons. The number of para-hydroxylation sites is 1. The molecule has 0 fully saturated rings. The van der Waals surface area contributed by atoms with Gasteiger partial charge in [-0.1, -0.05) is 78.9 Å². The number of nitrogens with zero attached hydrogens (tertiary/aromatic N) is 4. The number of aliphatic imine (C=N–C) groups is 1. The molecule has 202 valence electrons. The summed E-state index contributed by atoms with van der Waals surface area (Å²) < 4.78 is 2.10. The lowest BCUT2D eigenvalue weighted by Gasteiger charge is -2.27. The van der Waals surface area contributed by atoms with Crippen molar-refractivity contribution in [2.24, 2.45) is 17.0 Å². The topological polar surface area (TPSA) is 32.9 Å². The molecule has 2 aliphatic rings. The van der Waals surface area contributed by atoms with Crippen molar-refractivity contribution in [3.63, 3.8) is 0 Å². The SMILES string of the molecule is C/N=c1/ccc(-c2c3ccccc3c(-c3ccc4c(c3)C3C=CC=NC3N4c3ccccc3)c3ccccc23)cn1C. The van der Waals surface area contributed by atoms with Crippen molar-refractivity contribution in [1.82, 2.24) is 4.57 Å². The molecule has 0 aliphatic carbocycles. The summed E-state index contributed by atoms with van der Waals surface area (Å²) in [5.41, 5.74) is 9.60. The molecule has 2 unspecified atom stereocenters. The predicted molar refractivity (Wildman–Crippen MR) is 176 cm³/mol. The summed E-state index contributed by atoms with van der Waals surface area (Å²) in [6.45, 7) is 0. The first-order valence-corrected chi connectivity index (χ1v) is 14.4. The molecule has 0 bridgehead atoms. The van der Waals surface area contributed by atoms with Crippen molar-refractivity contribution < 1.29 is 0 Å². The molecule has 0 saturated carbocycles. The second-order valence-electron chi connectivity index (χ2n) is 11.1. The lowest BCUT2D eigenvalue weighted by molar-refractivity contribution is 0.659. The average molecular weight is 543 g/mol. The second-order valence-corrected chi connectivity index (χ2v) is 11.1. The van der Waals surface area contributed by atoms with Crippen LogP contribution in [-0.4, -0.2) is 24.0 Å². The van der Waals surface area contributed by atoms with Crippen LogP contribution in [0.2, 0.25) is 0 Å². The molecule has 8 rings (SSSR count). The van der Waals surface area contributed by atoms with Crippen LogP contribution in [0.1, 0.15) is 11.5 Å². The molecule has 6 aromatic rings. The van der Waals surface area contributed by atoms with Crippen LogP contribution in [0.5, 0.6) is 0 Å². The van der Waals surface area contributed by atoms with Gasteiger partial charge < -0.3 is 9.47 Å². The molecule has 3 heterocycles. The minimum absolute atomic E-state index is 0.0251. The van der Waals surface area contributed by atoms with E-state index in [1.165, 1.54) is 60.7 Å². The number of allylic oxidation sites excluding steroid dienone is 1. The van der Waals surface area contributed by atoms with Crippen LogP contribution in [0.4, 0.5) is 11.4 Å². The highest BCUT2D eigenvalue weighted by Gasteiger charge is 2.38. The molecule has 1 aromatic heterocycles. The number of aryl methyl sites for hydroxylation is 1. The zero-order valence-electron chi connectivity index (χ0n) is 23.6. The number of pyridine rings is 1. The molecule has 4 nitrogen and oxygen atoms in total. The van der Waals surface area contributed by atoms with Crippen LogP contribution >= 0.6 is 0 Å². The number of dihydropyridines is 1. The predicted octanol–water partition coefficient (Wildman–Crippen LogP) is 8.40. The zero-order chi connectivity index (χ0) is 28.2. The smallest absolute Gasteiger partial charge is 0.135 e. The lowest BCUT2D eigenvalue weighted by Crippen LogP contribution is -2.28. The van der Waals surface area contributed by atoms with E-state index in [4.69, 9.17) is 4.99 Å². The van der Waals surface area contributed by atoms with Crippen LogP contribution in [0.25, 0.3) is 43.8 Å². The third-order valence-corrected chi connectivity index (χ3v) is 8.75. The Balaban J connectivity index is 1.39. The highest BCUT2D eigenvalue weighted by atomic mass is 15.3. The quantitative estimate of drug-likeness (QED) is 0.207. The van der Waals surface area contributed by atoms with E-state index in [9.17, 15) is 0 Å². The van der Waals surface area contributed by atoms with E-state index in [1.807, 2.05) is 13.3 Å². The third-order valence-electron chi connectivity index (χ3n) is 8.75. The van der Waals surface area contributed by atoms with Crippen LogP contribution in [-0.2, 0) is 7.05 Å². The fourth-order valence-electron chi connectivity index (χ4n) is 6.94. The van der Waals surface area contributed by atoms with Gasteiger partial charge in [0.05, 0.1) is 0 Å². The summed E-state index contributed by atoms with van der Waals surface area (Å²) >= 11 is 0. The van der Waals surface area contributed by atoms with Crippen molar-refractivity contribution in [2.45, 2.75) is 12.1 Å². The average Bonchev–Trinajstić information content (AvgIpc) is 3.37. The largest absolute Gasteiger partial charge is 0.336 e. The first kappa shape index (κ1) is 24.6. The molecule has 0 N–H and O–H groups in total. The molecule has 4 heteroatoms. The molecule has 5 aromatic carbocycles. The van der Waals surface area contributed by atoms with Gasteiger partial charge in [0, 0.05) is 43.8 Å². The number of hydrogen-bond acceptors (Lipinski definition) is 3. The fourth-order valence-corrected chi connectivity index (χ4v) is 6.94. The number of aromatic nitrogens is 1. The molecular formula is C38H30N4. The van der Waals surface area contributed by atoms with Crippen molar-refractivity contribution in [3.8, 4) is 22.3 Å². The van der Waals surface area contributed by atoms with Crippen molar-refractivity contribution >= 4 is 39.1 Å². The first-order chi connectivity index (χ1) is 20.7. The molecule has 0 spiro atoms. The minimum Gasteiger partial charge on any atom is -0.336 e. The highest BCUT2D eigenvalue weighted by Crippen LogP contribution is 2.50. The van der Waals surface area contributed by atoms with E-state index in [0.717, 1.165) is 5.49 Å². The Labute approximate surface area is 245 Å². The Bertz CT molecular complexity index is 2080. The first-order valence-electron chi connectivity index (χ1n) is 14.4. The van der Waals surface area contributed by atoms with Crippen LogP contribution in [0.3, 0.4) is 0 Å². The number of benzene rings is 5. The van der Waals surface area contributed by atoms with Gasteiger partial charge in [0.25, 0.3) is 0 Å². The van der Waals surface area contributed by atoms with Gasteiger partial charge in [-0.15, -0.1) is 0 Å². The Hall–Kier alpha value is -5.22. The summed E-state index contributed by atoms with van der Waals surface area (Å²) in [6.07, 6.45) is 8.54. The summed E-state index contributed by atoms with van der Waals surface area (Å²) in [4.78, 5) is 11.7. The van der Waals surface area contributed by atoms with Crippen molar-refractivity contribution in [2.75, 3.05) is 11.9 Å². The number of hydrogen-bond donors (Lipinski definition) is 0. The van der Waals surface area contributed by atoms with Crippen LogP contribution in [0, 0.1) is 0 Å². The number of rotatable bonds is 3. The molecule has 42 heavy (non-hydrogen) atoms. The van der Waals surface area contributed by atoms with Gasteiger partial charge in [-0.05, 0) is 91.8 Å². The van der Waals surface area contributed by atoms with E-state index in [-0.39, 0.29) is 12.1 Å². The number of anilines is 2. The van der Waals surface area contributed by atoms with E-state index in [2.05, 4.69) is 149 Å². The second kappa shape index (κ2) is 9.71. The van der Waals surface area contributed by atoms with Crippen LogP contribution in [0.15, 0.2) is 138 Å². The van der Waals surface area contributed by atoms with E-state index in [1.54, 1.807) is 0 Å². The zero-order valence-corrected chi connectivity index (χ0v) is 23.6. The van der Waals surface area contributed by atoms with Gasteiger partial charge in [-0.25, -0.2) is 0 Å². The Morgan fingerprint density at radius 1 is 0.690 bits per heavy atom. The minimum atomic E-state index is 0.0251. The molecule has 2 aliphatic heterocycles. The van der Waals surface area contributed by atoms with Gasteiger partial charge in [-0.3, -0.25) is 9.98 Å². The fraction of sp³-hybridized carbons (Fsp3) is 0.105. The van der Waals surface area contributed by atoms with Crippen molar-refractivity contribution in [1.29, 1.82) is 0 Å². The van der Waals surface area contributed by atoms with Gasteiger partial charge in [0.1, 0.15) is 11.7 Å². The Kier molecular flexibility index (Phi) is 5.68. The van der Waals surface area contributed by atoms with E-state index in [0.29, 0.717) is 0 Å². The van der Waals surface area contributed by atoms with Gasteiger partial charge in [-0.2, -0.15) is 0 Å². The van der Waals surface area contributed by atoms with Crippen molar-refractivity contribution in [3.05, 3.63) is 139 Å². The van der Waals surface area contributed by atoms with Gasteiger partial charge in [0.2, 0.25) is 0 Å². The summed E-state index contributed by atoms with van der Waals surface area (Å²) in [5, 5.41) is 5.01. The number of fused-ring (bicyclic) bond motifs is 5. The lowest BCUT2D eigenvalue weighted by atomic mass is 9.85. The Morgan fingerprint density at radius 3 is 1.95 bits per heavy atom. The standard InChI is InChI=1S/C38H30N4/c1-39-35-21-19-26(24-41(35)2)37-30-15-8-6-13-28(30)36(29-14-7-9-16-31(29)37)25-18-20-34-33(23-25)32-17-10-22-40-38(32)42(34)27-11-4-3-5-12-27/h3-24,32,38H,1-2H3/b39-35-. The summed E-state index contributed by atoms with van der Waals surface area (Å²) in [6, 6.07) is 39.6. The summed E-state index contributed by atoms with van der Waals surface area (Å²) in [5.74, 6) is 0.199. The third kappa shape index (κ3) is 3.68. The summed E-state index contributed by atoms with van der Waals surface area (Å²) in [7, 11) is 3.90. The van der Waals surface area contributed by atoms with Gasteiger partial charge in [0.15, 0.2) is 0 Å². The highest BCUT2D eigenvalue weighted by molar-refractivity contribution is 6.21. The molecule has 0 amide bonds. The molecular weight excluding hydrogens is 512 g/mol.